The molecule has 4 rings (SSSR count). The molecule has 1 atom stereocenters. The monoisotopic (exact) mass is 365 g/mol. The van der Waals surface area contributed by atoms with E-state index in [2.05, 4.69) is 9.80 Å². The minimum atomic E-state index is -0.375. The molecule has 2 aliphatic rings. The molecule has 2 aliphatic heterocycles. The number of hydrogen-bond acceptors (Lipinski definition) is 5. The van der Waals surface area contributed by atoms with Gasteiger partial charge in [-0.15, -0.1) is 0 Å². The molecular formula is C21H23N3O3. The molecule has 0 spiro atoms. The summed E-state index contributed by atoms with van der Waals surface area (Å²) in [6, 6.07) is 14.2. The molecule has 27 heavy (non-hydrogen) atoms. The largest absolute Gasteiger partial charge is 0.364 e. The van der Waals surface area contributed by atoms with Gasteiger partial charge in [0.2, 0.25) is 0 Å². The smallest absolute Gasteiger partial charge is 0.293 e. The van der Waals surface area contributed by atoms with Crippen LogP contribution in [-0.4, -0.2) is 47.8 Å². The van der Waals surface area contributed by atoms with E-state index in [0.717, 1.165) is 32.6 Å². The number of nitrogens with zero attached hydrogens (tertiary/aromatic N) is 3. The minimum Gasteiger partial charge on any atom is -0.364 e. The lowest BCUT2D eigenvalue weighted by atomic mass is 10.0. The number of anilines is 1. The summed E-state index contributed by atoms with van der Waals surface area (Å²) in [6.45, 7) is 3.89. The number of carbonyl (C=O) groups is 1. The molecule has 0 aromatic heterocycles. The molecule has 2 aromatic carbocycles. The molecule has 0 amide bonds. The Labute approximate surface area is 158 Å². The highest BCUT2D eigenvalue weighted by Crippen LogP contribution is 2.33. The molecule has 2 fully saturated rings. The highest BCUT2D eigenvalue weighted by molar-refractivity contribution is 6.09. The first kappa shape index (κ1) is 17.7. The second kappa shape index (κ2) is 7.48. The zero-order valence-electron chi connectivity index (χ0n) is 15.2. The zero-order valence-corrected chi connectivity index (χ0v) is 15.2. The van der Waals surface area contributed by atoms with Crippen molar-refractivity contribution in [3.63, 3.8) is 0 Å². The van der Waals surface area contributed by atoms with E-state index in [1.807, 2.05) is 6.07 Å². The van der Waals surface area contributed by atoms with Crippen molar-refractivity contribution in [3.8, 4) is 0 Å². The van der Waals surface area contributed by atoms with E-state index in [0.29, 0.717) is 22.9 Å². The van der Waals surface area contributed by atoms with Crippen molar-refractivity contribution in [1.82, 2.24) is 4.90 Å². The SMILES string of the molecule is O=C(c1ccccc1)c1ccc(N2CCC(N3CCCC3)C2)c([N+](=O)[O-])c1. The summed E-state index contributed by atoms with van der Waals surface area (Å²) in [5, 5.41) is 11.7. The van der Waals surface area contributed by atoms with Crippen LogP contribution in [0.2, 0.25) is 0 Å². The predicted octanol–water partition coefficient (Wildman–Crippen LogP) is 3.50. The van der Waals surface area contributed by atoms with Gasteiger partial charge in [0.15, 0.2) is 5.78 Å². The molecule has 6 nitrogen and oxygen atoms in total. The Morgan fingerprint density at radius 1 is 1.00 bits per heavy atom. The van der Waals surface area contributed by atoms with Crippen LogP contribution in [0.15, 0.2) is 48.5 Å². The molecule has 0 bridgehead atoms. The number of likely N-dealkylation sites (tertiary alicyclic amines) is 1. The number of rotatable bonds is 5. The minimum absolute atomic E-state index is 0.0128. The van der Waals surface area contributed by atoms with Crippen molar-refractivity contribution >= 4 is 17.2 Å². The normalized spacial score (nSPS) is 20.1. The fourth-order valence-corrected chi connectivity index (χ4v) is 4.20. The van der Waals surface area contributed by atoms with Crippen molar-refractivity contribution in [3.05, 3.63) is 69.8 Å². The lowest BCUT2D eigenvalue weighted by Crippen LogP contribution is -2.35. The Hall–Kier alpha value is -2.73. The molecule has 2 saturated heterocycles. The predicted molar refractivity (Wildman–Crippen MR) is 104 cm³/mol. The number of hydrogen-bond donors (Lipinski definition) is 0. The van der Waals surface area contributed by atoms with Gasteiger partial charge in [-0.1, -0.05) is 30.3 Å². The van der Waals surface area contributed by atoms with Gasteiger partial charge >= 0.3 is 0 Å². The Bertz CT molecular complexity index is 847. The van der Waals surface area contributed by atoms with Crippen LogP contribution < -0.4 is 4.90 Å². The molecule has 0 aliphatic carbocycles. The van der Waals surface area contributed by atoms with Crippen LogP contribution in [0.3, 0.4) is 0 Å². The summed E-state index contributed by atoms with van der Waals surface area (Å²) in [6.07, 6.45) is 3.52. The highest BCUT2D eigenvalue weighted by Gasteiger charge is 2.32. The Morgan fingerprint density at radius 3 is 2.44 bits per heavy atom. The number of nitro groups is 1. The van der Waals surface area contributed by atoms with Crippen LogP contribution in [0.5, 0.6) is 0 Å². The quantitative estimate of drug-likeness (QED) is 0.461. The van der Waals surface area contributed by atoms with Gasteiger partial charge in [-0.25, -0.2) is 0 Å². The fourth-order valence-electron chi connectivity index (χ4n) is 4.20. The van der Waals surface area contributed by atoms with Crippen LogP contribution >= 0.6 is 0 Å². The first-order valence-electron chi connectivity index (χ1n) is 9.50. The molecule has 2 heterocycles. The fraction of sp³-hybridized carbons (Fsp3) is 0.381. The molecule has 2 aromatic rings. The third-order valence-electron chi connectivity index (χ3n) is 5.63. The number of benzene rings is 2. The standard InChI is InChI=1S/C21H23N3O3/c25-21(16-6-2-1-3-7-16)17-8-9-19(20(14-17)24(26)27)23-13-10-18(15-23)22-11-4-5-12-22/h1-3,6-9,14,18H,4-5,10-13,15H2. The van der Waals surface area contributed by atoms with E-state index < -0.39 is 0 Å². The van der Waals surface area contributed by atoms with Gasteiger partial charge in [-0.2, -0.15) is 0 Å². The van der Waals surface area contributed by atoms with E-state index in [-0.39, 0.29) is 16.4 Å². The number of carbonyl (C=O) groups excluding carboxylic acids is 1. The number of ketones is 1. The van der Waals surface area contributed by atoms with Crippen LogP contribution in [0.4, 0.5) is 11.4 Å². The van der Waals surface area contributed by atoms with Gasteiger partial charge in [0, 0.05) is 36.3 Å². The third-order valence-corrected chi connectivity index (χ3v) is 5.63. The Balaban J connectivity index is 1.58. The first-order chi connectivity index (χ1) is 13.1. The van der Waals surface area contributed by atoms with Crippen molar-refractivity contribution in [2.24, 2.45) is 0 Å². The van der Waals surface area contributed by atoms with E-state index in [4.69, 9.17) is 0 Å². The highest BCUT2D eigenvalue weighted by atomic mass is 16.6. The number of nitro benzene ring substituents is 1. The van der Waals surface area contributed by atoms with Crippen LogP contribution in [0.25, 0.3) is 0 Å². The molecule has 0 N–H and O–H groups in total. The average molecular weight is 365 g/mol. The Kier molecular flexibility index (Phi) is 4.90. The maximum atomic E-state index is 12.6. The van der Waals surface area contributed by atoms with Crippen LogP contribution in [0, 0.1) is 10.1 Å². The second-order valence-electron chi connectivity index (χ2n) is 7.29. The summed E-state index contributed by atoms with van der Waals surface area (Å²) in [5.41, 5.74) is 1.52. The summed E-state index contributed by atoms with van der Waals surface area (Å²) >= 11 is 0. The zero-order chi connectivity index (χ0) is 18.8. The van der Waals surface area contributed by atoms with E-state index in [1.54, 1.807) is 36.4 Å². The van der Waals surface area contributed by atoms with Gasteiger partial charge in [-0.3, -0.25) is 19.8 Å². The summed E-state index contributed by atoms with van der Waals surface area (Å²) < 4.78 is 0. The average Bonchev–Trinajstić information content (AvgIpc) is 3.39. The Morgan fingerprint density at radius 2 is 1.74 bits per heavy atom. The van der Waals surface area contributed by atoms with Gasteiger partial charge in [0.1, 0.15) is 5.69 Å². The topological polar surface area (TPSA) is 66.7 Å². The third kappa shape index (κ3) is 3.57. The van der Waals surface area contributed by atoms with Gasteiger partial charge in [0.05, 0.1) is 4.92 Å². The van der Waals surface area contributed by atoms with Gasteiger partial charge in [0.25, 0.3) is 5.69 Å². The van der Waals surface area contributed by atoms with Crippen molar-refractivity contribution in [2.45, 2.75) is 25.3 Å². The summed E-state index contributed by atoms with van der Waals surface area (Å²) in [5.74, 6) is -0.193. The first-order valence-corrected chi connectivity index (χ1v) is 9.50. The van der Waals surface area contributed by atoms with Crippen LogP contribution in [-0.2, 0) is 0 Å². The molecule has 0 radical (unpaired) electrons. The molecule has 6 heteroatoms. The lowest BCUT2D eigenvalue weighted by molar-refractivity contribution is -0.384. The van der Waals surface area contributed by atoms with Gasteiger partial charge in [-0.05, 0) is 44.5 Å². The lowest BCUT2D eigenvalue weighted by Gasteiger charge is -2.24. The van der Waals surface area contributed by atoms with Crippen molar-refractivity contribution < 1.29 is 9.72 Å². The maximum Gasteiger partial charge on any atom is 0.293 e. The maximum absolute atomic E-state index is 12.6. The van der Waals surface area contributed by atoms with E-state index in [1.165, 1.54) is 18.9 Å². The van der Waals surface area contributed by atoms with Gasteiger partial charge < -0.3 is 4.90 Å². The second-order valence-corrected chi connectivity index (χ2v) is 7.29. The molecule has 1 unspecified atom stereocenters. The van der Waals surface area contributed by atoms with Crippen LogP contribution in [0.1, 0.15) is 35.2 Å². The molecule has 140 valence electrons. The van der Waals surface area contributed by atoms with Crippen molar-refractivity contribution in [2.75, 3.05) is 31.1 Å². The molecule has 0 saturated carbocycles. The molecular weight excluding hydrogens is 342 g/mol. The summed E-state index contributed by atoms with van der Waals surface area (Å²) in [4.78, 5) is 28.5. The van der Waals surface area contributed by atoms with Crippen molar-refractivity contribution in [1.29, 1.82) is 0 Å². The van der Waals surface area contributed by atoms with E-state index in [9.17, 15) is 14.9 Å². The summed E-state index contributed by atoms with van der Waals surface area (Å²) in [7, 11) is 0. The van der Waals surface area contributed by atoms with E-state index >= 15 is 0 Å².